The average Bonchev–Trinajstić information content (AvgIpc) is 3.27. The number of allylic oxidation sites excluding steroid dienone is 4. The molecule has 2 aromatic heterocycles. The summed E-state index contributed by atoms with van der Waals surface area (Å²) in [5, 5.41) is 6.15. The zero-order valence-corrected chi connectivity index (χ0v) is 15.1. The summed E-state index contributed by atoms with van der Waals surface area (Å²) in [6.07, 6.45) is 9.28. The molecule has 4 nitrogen and oxygen atoms in total. The smallest absolute Gasteiger partial charge is 0.241 e. The van der Waals surface area contributed by atoms with Gasteiger partial charge >= 0.3 is 0 Å². The molecule has 132 valence electrons. The molecule has 5 heteroatoms. The van der Waals surface area contributed by atoms with Gasteiger partial charge in [-0.15, -0.1) is 11.6 Å². The van der Waals surface area contributed by atoms with Crippen LogP contribution in [0.4, 0.5) is 0 Å². The third kappa shape index (κ3) is 2.45. The SMILES string of the molecule is O=C(C1C=CC=CC1Cl)n1c2ccccc2c2cnn(-c3ccccc3)c21. The number of benzene rings is 2. The lowest BCUT2D eigenvalue weighted by molar-refractivity contribution is 0.0873. The Bertz CT molecular complexity index is 1220. The van der Waals surface area contributed by atoms with Gasteiger partial charge in [0.15, 0.2) is 5.65 Å². The van der Waals surface area contributed by atoms with Crippen LogP contribution in [0.25, 0.3) is 27.6 Å². The molecule has 4 aromatic rings. The number of aromatic nitrogens is 3. The largest absolute Gasteiger partial charge is 0.273 e. The van der Waals surface area contributed by atoms with Crippen molar-refractivity contribution in [2.75, 3.05) is 0 Å². The van der Waals surface area contributed by atoms with Gasteiger partial charge in [-0.25, -0.2) is 4.68 Å². The minimum atomic E-state index is -0.421. The second kappa shape index (κ2) is 6.25. The van der Waals surface area contributed by atoms with E-state index >= 15 is 0 Å². The van der Waals surface area contributed by atoms with Crippen LogP contribution in [0.1, 0.15) is 4.79 Å². The van der Waals surface area contributed by atoms with E-state index in [9.17, 15) is 4.79 Å². The van der Waals surface area contributed by atoms with E-state index in [2.05, 4.69) is 5.10 Å². The Morgan fingerprint density at radius 3 is 2.48 bits per heavy atom. The maximum absolute atomic E-state index is 13.5. The van der Waals surface area contributed by atoms with E-state index in [0.717, 1.165) is 27.6 Å². The molecule has 0 saturated heterocycles. The quantitative estimate of drug-likeness (QED) is 0.465. The van der Waals surface area contributed by atoms with Gasteiger partial charge in [0, 0.05) is 10.8 Å². The Kier molecular flexibility index (Phi) is 3.73. The second-order valence-electron chi connectivity index (χ2n) is 6.56. The minimum absolute atomic E-state index is 0.0560. The summed E-state index contributed by atoms with van der Waals surface area (Å²) in [4.78, 5) is 13.5. The first-order valence-corrected chi connectivity index (χ1v) is 9.25. The number of alkyl halides is 1. The summed E-state index contributed by atoms with van der Waals surface area (Å²) in [5.74, 6) is -0.478. The molecular formula is C22H16ClN3O. The molecule has 1 aliphatic carbocycles. The molecule has 0 N–H and O–H groups in total. The van der Waals surface area contributed by atoms with Gasteiger partial charge in [0.2, 0.25) is 5.91 Å². The Hall–Kier alpha value is -3.11. The fourth-order valence-corrected chi connectivity index (χ4v) is 3.96. The van der Waals surface area contributed by atoms with Crippen LogP contribution < -0.4 is 0 Å². The Balaban J connectivity index is 1.81. The highest BCUT2D eigenvalue weighted by molar-refractivity contribution is 6.24. The molecule has 2 atom stereocenters. The molecule has 0 radical (unpaired) electrons. The number of hydrogen-bond donors (Lipinski definition) is 0. The van der Waals surface area contributed by atoms with Crippen LogP contribution in [0, 0.1) is 5.92 Å². The van der Waals surface area contributed by atoms with Gasteiger partial charge in [-0.05, 0) is 18.2 Å². The summed E-state index contributed by atoms with van der Waals surface area (Å²) < 4.78 is 3.58. The normalized spacial score (nSPS) is 19.1. The molecule has 5 rings (SSSR count). The van der Waals surface area contributed by atoms with Crippen LogP contribution in [0.5, 0.6) is 0 Å². The minimum Gasteiger partial charge on any atom is -0.273 e. The highest BCUT2D eigenvalue weighted by Gasteiger charge is 2.29. The molecule has 0 aliphatic heterocycles. The molecule has 0 spiro atoms. The number of nitrogens with zero attached hydrogens (tertiary/aromatic N) is 3. The zero-order chi connectivity index (χ0) is 18.4. The van der Waals surface area contributed by atoms with E-state index in [1.807, 2.05) is 89.8 Å². The van der Waals surface area contributed by atoms with E-state index in [0.29, 0.717) is 0 Å². The predicted octanol–water partition coefficient (Wildman–Crippen LogP) is 4.97. The van der Waals surface area contributed by atoms with Crippen molar-refractivity contribution >= 4 is 39.4 Å². The number of fused-ring (bicyclic) bond motifs is 3. The topological polar surface area (TPSA) is 39.8 Å². The van der Waals surface area contributed by atoms with Crippen molar-refractivity contribution in [3.8, 4) is 5.69 Å². The molecule has 2 unspecified atom stereocenters. The fourth-order valence-electron chi connectivity index (χ4n) is 3.69. The maximum Gasteiger partial charge on any atom is 0.241 e. The van der Waals surface area contributed by atoms with Crippen molar-refractivity contribution in [2.45, 2.75) is 5.38 Å². The van der Waals surface area contributed by atoms with Crippen molar-refractivity contribution in [3.05, 3.63) is 85.1 Å². The van der Waals surface area contributed by atoms with Crippen LogP contribution in [-0.4, -0.2) is 25.6 Å². The summed E-state index contributed by atoms with van der Waals surface area (Å²) in [6.45, 7) is 0. The second-order valence-corrected chi connectivity index (χ2v) is 7.06. The number of carbonyl (C=O) groups excluding carboxylic acids is 1. The zero-order valence-electron chi connectivity index (χ0n) is 14.4. The van der Waals surface area contributed by atoms with Crippen LogP contribution in [0.15, 0.2) is 85.1 Å². The summed E-state index contributed by atoms with van der Waals surface area (Å²) >= 11 is 6.43. The van der Waals surface area contributed by atoms with Crippen LogP contribution >= 0.6 is 11.6 Å². The number of rotatable bonds is 2. The summed E-state index contributed by atoms with van der Waals surface area (Å²) in [7, 11) is 0. The molecule has 0 fully saturated rings. The van der Waals surface area contributed by atoms with E-state index in [4.69, 9.17) is 11.6 Å². The third-order valence-corrected chi connectivity index (χ3v) is 5.38. The van der Waals surface area contributed by atoms with Gasteiger partial charge in [0.05, 0.1) is 28.7 Å². The lowest BCUT2D eigenvalue weighted by Gasteiger charge is -2.19. The van der Waals surface area contributed by atoms with Crippen molar-refractivity contribution in [3.63, 3.8) is 0 Å². The molecule has 0 saturated carbocycles. The van der Waals surface area contributed by atoms with Crippen molar-refractivity contribution in [1.82, 2.24) is 14.3 Å². The first-order chi connectivity index (χ1) is 13.3. The molecule has 1 aliphatic rings. The standard InChI is InChI=1S/C22H16ClN3O/c23-19-12-6-4-11-17(19)22(27)25-20-13-7-5-10-16(20)18-14-24-26(21(18)25)15-8-2-1-3-9-15/h1-14,17,19H. The van der Waals surface area contributed by atoms with Crippen LogP contribution in [0.3, 0.4) is 0 Å². The maximum atomic E-state index is 13.5. The molecule has 2 aromatic carbocycles. The molecular weight excluding hydrogens is 358 g/mol. The first kappa shape index (κ1) is 16.1. The number of hydrogen-bond acceptors (Lipinski definition) is 2. The third-order valence-electron chi connectivity index (χ3n) is 4.96. The summed E-state index contributed by atoms with van der Waals surface area (Å²) in [6, 6.07) is 17.7. The molecule has 27 heavy (non-hydrogen) atoms. The van der Waals surface area contributed by atoms with Crippen molar-refractivity contribution < 1.29 is 4.79 Å². The van der Waals surface area contributed by atoms with Crippen LogP contribution in [0.2, 0.25) is 0 Å². The molecule has 0 bridgehead atoms. The Morgan fingerprint density at radius 1 is 0.926 bits per heavy atom. The number of halogens is 1. The highest BCUT2D eigenvalue weighted by atomic mass is 35.5. The van der Waals surface area contributed by atoms with Gasteiger partial charge in [-0.1, -0.05) is 60.7 Å². The summed E-state index contributed by atoms with van der Waals surface area (Å²) in [5.41, 5.74) is 2.54. The average molecular weight is 374 g/mol. The lowest BCUT2D eigenvalue weighted by Crippen LogP contribution is -2.28. The lowest BCUT2D eigenvalue weighted by atomic mass is 9.99. The van der Waals surface area contributed by atoms with E-state index < -0.39 is 5.92 Å². The van der Waals surface area contributed by atoms with Crippen molar-refractivity contribution in [1.29, 1.82) is 0 Å². The Morgan fingerprint density at radius 2 is 1.67 bits per heavy atom. The van der Waals surface area contributed by atoms with E-state index in [1.54, 1.807) is 4.57 Å². The van der Waals surface area contributed by atoms with E-state index in [1.165, 1.54) is 0 Å². The van der Waals surface area contributed by atoms with Crippen molar-refractivity contribution in [2.24, 2.45) is 5.92 Å². The number of para-hydroxylation sites is 2. The Labute approximate surface area is 161 Å². The van der Waals surface area contributed by atoms with Gasteiger partial charge < -0.3 is 0 Å². The van der Waals surface area contributed by atoms with Crippen LogP contribution in [-0.2, 0) is 0 Å². The van der Waals surface area contributed by atoms with Gasteiger partial charge in [-0.3, -0.25) is 9.36 Å². The highest BCUT2D eigenvalue weighted by Crippen LogP contribution is 2.32. The van der Waals surface area contributed by atoms with Gasteiger partial charge in [-0.2, -0.15) is 5.10 Å². The molecule has 2 heterocycles. The van der Waals surface area contributed by atoms with E-state index in [-0.39, 0.29) is 11.3 Å². The predicted molar refractivity (Wildman–Crippen MR) is 109 cm³/mol. The van der Waals surface area contributed by atoms with Gasteiger partial charge in [0.25, 0.3) is 0 Å². The number of carbonyl (C=O) groups is 1. The van der Waals surface area contributed by atoms with Gasteiger partial charge in [0.1, 0.15) is 0 Å². The fraction of sp³-hybridized carbons (Fsp3) is 0.0909. The first-order valence-electron chi connectivity index (χ1n) is 8.81. The monoisotopic (exact) mass is 373 g/mol. The molecule has 0 amide bonds.